The summed E-state index contributed by atoms with van der Waals surface area (Å²) in [6.07, 6.45) is 14.3. The highest BCUT2D eigenvalue weighted by Gasteiger charge is 2.20. The Morgan fingerprint density at radius 1 is 0.963 bits per heavy atom. The van der Waals surface area contributed by atoms with E-state index in [0.29, 0.717) is 5.75 Å². The number of rotatable bonds is 14. The molecule has 0 radical (unpaired) electrons. The molecule has 0 bridgehead atoms. The zero-order chi connectivity index (χ0) is 19.8. The third kappa shape index (κ3) is 14.0. The number of likely N-dealkylation sites (tertiary alicyclic amines) is 1. The van der Waals surface area contributed by atoms with Gasteiger partial charge in [0.15, 0.2) is 0 Å². The van der Waals surface area contributed by atoms with Crippen molar-refractivity contribution in [3.8, 4) is 0 Å². The Morgan fingerprint density at radius 2 is 1.52 bits per heavy atom. The largest absolute Gasteiger partial charge is 0.472 e. The Labute approximate surface area is 175 Å². The highest BCUT2D eigenvalue weighted by atomic mass is 32.2. The van der Waals surface area contributed by atoms with Gasteiger partial charge < -0.3 is 9.79 Å². The van der Waals surface area contributed by atoms with Crippen molar-refractivity contribution in [3.05, 3.63) is 0 Å². The van der Waals surface area contributed by atoms with E-state index in [4.69, 9.17) is 21.3 Å². The molecule has 5 nitrogen and oxygen atoms in total. The molecule has 0 aliphatic carbocycles. The molecule has 1 unspecified atom stereocenters. The first-order valence-electron chi connectivity index (χ1n) is 10.6. The van der Waals surface area contributed by atoms with Crippen LogP contribution >= 0.6 is 31.8 Å². The van der Waals surface area contributed by atoms with Crippen LogP contribution in [0, 0.1) is 0 Å². The van der Waals surface area contributed by atoms with Crippen molar-refractivity contribution in [2.24, 2.45) is 0 Å². The molecule has 1 fully saturated rings. The Bertz CT molecular complexity index is 432. The summed E-state index contributed by atoms with van der Waals surface area (Å²) >= 11 is 6.98. The van der Waals surface area contributed by atoms with E-state index in [9.17, 15) is 9.46 Å². The maximum atomic E-state index is 11.9. The van der Waals surface area contributed by atoms with Gasteiger partial charge in [0.25, 0.3) is 0 Å². The van der Waals surface area contributed by atoms with Crippen LogP contribution in [-0.2, 0) is 13.6 Å². The molecule has 0 saturated carbocycles. The van der Waals surface area contributed by atoms with Gasteiger partial charge in [-0.2, -0.15) is 0 Å². The maximum absolute atomic E-state index is 11.9. The van der Waals surface area contributed by atoms with E-state index < -0.39 is 7.82 Å². The lowest BCUT2D eigenvalue weighted by Crippen LogP contribution is -2.28. The second-order valence-corrected chi connectivity index (χ2v) is 10.3. The lowest BCUT2D eigenvalue weighted by atomic mass is 10.1. The molecule has 1 heterocycles. The molecule has 0 aromatic heterocycles. The third-order valence-electron chi connectivity index (χ3n) is 4.68. The van der Waals surface area contributed by atoms with Crippen molar-refractivity contribution in [1.29, 1.82) is 0 Å². The van der Waals surface area contributed by atoms with Crippen LogP contribution in [0.15, 0.2) is 0 Å². The smallest absolute Gasteiger partial charge is 0.358 e. The van der Waals surface area contributed by atoms with Crippen LogP contribution in [-0.4, -0.2) is 46.2 Å². The number of hydrogen-bond acceptors (Lipinski definition) is 5. The van der Waals surface area contributed by atoms with Crippen molar-refractivity contribution in [1.82, 2.24) is 4.90 Å². The first-order chi connectivity index (χ1) is 13.0. The highest BCUT2D eigenvalue weighted by molar-refractivity contribution is 8.22. The Kier molecular flexibility index (Phi) is 15.2. The minimum absolute atomic E-state index is 0.170. The van der Waals surface area contributed by atoms with Crippen LogP contribution in [0.1, 0.15) is 84.0 Å². The van der Waals surface area contributed by atoms with Crippen LogP contribution in [0.4, 0.5) is 0 Å². The summed E-state index contributed by atoms with van der Waals surface area (Å²) in [6.45, 7) is 4.71. The van der Waals surface area contributed by atoms with Gasteiger partial charge in [0, 0.05) is 18.8 Å². The fourth-order valence-corrected chi connectivity index (χ4v) is 5.10. The molecule has 160 valence electrons. The van der Waals surface area contributed by atoms with Gasteiger partial charge in [-0.1, -0.05) is 88.7 Å². The van der Waals surface area contributed by atoms with Gasteiger partial charge in [-0.3, -0.25) is 9.05 Å². The van der Waals surface area contributed by atoms with Gasteiger partial charge in [-0.05, 0) is 19.3 Å². The lowest BCUT2D eigenvalue weighted by molar-refractivity contribution is 0.154. The number of thioether (sulfide) groups is 1. The fourth-order valence-electron chi connectivity index (χ4n) is 3.08. The van der Waals surface area contributed by atoms with Crippen LogP contribution in [0.3, 0.4) is 0 Å². The molecule has 1 saturated heterocycles. The normalized spacial score (nSPS) is 17.5. The minimum Gasteiger partial charge on any atom is -0.358 e. The van der Waals surface area contributed by atoms with Gasteiger partial charge in [0.1, 0.15) is 4.32 Å². The van der Waals surface area contributed by atoms with Crippen molar-refractivity contribution >= 4 is 36.1 Å². The monoisotopic (exact) mass is 439 g/mol. The van der Waals surface area contributed by atoms with Gasteiger partial charge in [-0.25, -0.2) is 4.57 Å². The molecule has 1 aliphatic heterocycles. The average molecular weight is 440 g/mol. The number of phosphoric acid groups is 1. The van der Waals surface area contributed by atoms with Crippen LogP contribution < -0.4 is 0 Å². The van der Waals surface area contributed by atoms with E-state index in [-0.39, 0.29) is 13.2 Å². The number of nitrogens with zero attached hydrogens (tertiary/aromatic N) is 1. The van der Waals surface area contributed by atoms with Crippen molar-refractivity contribution in [2.45, 2.75) is 84.0 Å². The van der Waals surface area contributed by atoms with Crippen molar-refractivity contribution < 1.29 is 18.5 Å². The second-order valence-electron chi connectivity index (χ2n) is 7.13. The first kappa shape index (κ1) is 25.4. The van der Waals surface area contributed by atoms with E-state index in [0.717, 1.165) is 36.7 Å². The number of phosphoric ester groups is 1. The molecule has 8 heteroatoms. The fraction of sp³-hybridized carbons (Fsp3) is 0.947. The van der Waals surface area contributed by atoms with E-state index in [1.165, 1.54) is 69.5 Å². The molecular weight excluding hydrogens is 401 g/mol. The predicted molar refractivity (Wildman–Crippen MR) is 119 cm³/mol. The van der Waals surface area contributed by atoms with Crippen molar-refractivity contribution in [3.63, 3.8) is 0 Å². The molecule has 1 rings (SSSR count). The minimum atomic E-state index is -3.93. The summed E-state index contributed by atoms with van der Waals surface area (Å²) in [4.78, 5) is 12.0. The molecule has 1 N–H and O–H groups in total. The first-order valence-corrected chi connectivity index (χ1v) is 13.5. The van der Waals surface area contributed by atoms with Crippen LogP contribution in [0.2, 0.25) is 0 Å². The summed E-state index contributed by atoms with van der Waals surface area (Å²) in [6, 6.07) is 0. The Hall–Kier alpha value is 0.350. The summed E-state index contributed by atoms with van der Waals surface area (Å²) in [5.41, 5.74) is 0. The Morgan fingerprint density at radius 3 is 2.15 bits per heavy atom. The zero-order valence-electron chi connectivity index (χ0n) is 16.9. The molecule has 0 aromatic rings. The summed E-state index contributed by atoms with van der Waals surface area (Å²) < 4.78 is 22.8. The van der Waals surface area contributed by atoms with E-state index in [1.54, 1.807) is 0 Å². The average Bonchev–Trinajstić information content (AvgIpc) is 2.93. The standard InChI is InChI=1S/C19H38NO4PS2/c1-2-3-4-5-6-7-10-13-16-23-25(21,22)24-17-18-27-19(26)20-14-11-8-9-12-15-20/h2-18H2,1H3,(H,21,22). The predicted octanol–water partition coefficient (Wildman–Crippen LogP) is 6.15. The highest BCUT2D eigenvalue weighted by Crippen LogP contribution is 2.43. The van der Waals surface area contributed by atoms with Crippen LogP contribution in [0.25, 0.3) is 0 Å². The van der Waals surface area contributed by atoms with E-state index in [2.05, 4.69) is 11.8 Å². The molecule has 1 aliphatic rings. The van der Waals surface area contributed by atoms with E-state index >= 15 is 0 Å². The molecular formula is C19H38NO4PS2. The quantitative estimate of drug-likeness (QED) is 0.198. The maximum Gasteiger partial charge on any atom is 0.472 e. The summed E-state index contributed by atoms with van der Waals surface area (Å²) in [7, 11) is -3.93. The van der Waals surface area contributed by atoms with Gasteiger partial charge >= 0.3 is 7.82 Å². The molecule has 0 amide bonds. The van der Waals surface area contributed by atoms with Crippen LogP contribution in [0.5, 0.6) is 0 Å². The van der Waals surface area contributed by atoms with E-state index in [1.807, 2.05) is 0 Å². The topological polar surface area (TPSA) is 59.0 Å². The number of hydrogen-bond donors (Lipinski definition) is 1. The number of unbranched alkanes of at least 4 members (excludes halogenated alkanes) is 7. The van der Waals surface area contributed by atoms with Gasteiger partial charge in [0.2, 0.25) is 0 Å². The third-order valence-corrected chi connectivity index (χ3v) is 7.19. The lowest BCUT2D eigenvalue weighted by Gasteiger charge is -2.22. The SMILES string of the molecule is CCCCCCCCCCOP(=O)(O)OCCSC(=S)N1CCCCCC1. The van der Waals surface area contributed by atoms with Crippen molar-refractivity contribution in [2.75, 3.05) is 32.1 Å². The Balaban J connectivity index is 2.00. The molecule has 27 heavy (non-hydrogen) atoms. The summed E-state index contributed by atoms with van der Waals surface area (Å²) in [5.74, 6) is 0.570. The number of thiocarbonyl (C=S) groups is 1. The molecule has 1 atom stereocenters. The zero-order valence-corrected chi connectivity index (χ0v) is 19.4. The molecule has 0 spiro atoms. The summed E-state index contributed by atoms with van der Waals surface area (Å²) in [5, 5.41) is 0. The van der Waals surface area contributed by atoms with Gasteiger partial charge in [0.05, 0.1) is 13.2 Å². The second kappa shape index (κ2) is 16.2. The molecule has 0 aromatic carbocycles. The van der Waals surface area contributed by atoms with Gasteiger partial charge in [-0.15, -0.1) is 0 Å².